The molecule has 1 spiro atoms. The molecule has 3 heterocycles. The predicted octanol–water partition coefficient (Wildman–Crippen LogP) is 1.30. The van der Waals surface area contributed by atoms with Crippen molar-refractivity contribution >= 4 is 11.6 Å². The fraction of sp³-hybridized carbons (Fsp3) is 0.167. The number of carbonyl (C=O) groups is 1. The number of nitriles is 1. The van der Waals surface area contributed by atoms with Crippen LogP contribution in [0.1, 0.15) is 16.9 Å². The predicted molar refractivity (Wildman–Crippen MR) is 87.8 cm³/mol. The van der Waals surface area contributed by atoms with Crippen molar-refractivity contribution in [2.75, 3.05) is 11.9 Å². The Balaban J connectivity index is 2.24. The highest BCUT2D eigenvalue weighted by molar-refractivity contribution is 6.13. The van der Waals surface area contributed by atoms with Crippen LogP contribution in [0.2, 0.25) is 0 Å². The minimum Gasteiger partial charge on any atom is -0.440 e. The first-order valence-corrected chi connectivity index (χ1v) is 7.54. The first-order valence-electron chi connectivity index (χ1n) is 7.54. The fourth-order valence-electron chi connectivity index (χ4n) is 3.66. The van der Waals surface area contributed by atoms with E-state index in [1.54, 1.807) is 38.2 Å². The number of nitrogens with two attached hydrogens (primary N) is 1. The molecule has 0 unspecified atom stereocenters. The number of carbonyl (C=O) groups excluding carboxylic acids is 1. The second kappa shape index (κ2) is 4.74. The molecule has 0 radical (unpaired) electrons. The van der Waals surface area contributed by atoms with Crippen molar-refractivity contribution in [2.45, 2.75) is 12.3 Å². The molecular formula is C18H13N3O4. The van der Waals surface area contributed by atoms with Gasteiger partial charge in [0, 0.05) is 24.4 Å². The molecule has 1 aromatic heterocycles. The SMILES string of the molecule is Cc1cc2c(c(=O)o1)[C@@]1(C(=O)N(C)c3ccccc31)C(C#N)=C(N)O2. The minimum absolute atomic E-state index is 0.0225. The molecule has 4 rings (SSSR count). The molecule has 1 aromatic carbocycles. The van der Waals surface area contributed by atoms with Gasteiger partial charge in [0.25, 0.3) is 0 Å². The Kier molecular flexibility index (Phi) is 2.85. The smallest absolute Gasteiger partial charge is 0.344 e. The normalized spacial score (nSPS) is 21.0. The van der Waals surface area contributed by atoms with Crippen LogP contribution in [0.4, 0.5) is 5.69 Å². The number of nitrogens with zero attached hydrogens (tertiary/aromatic N) is 2. The maximum absolute atomic E-state index is 13.3. The number of amides is 1. The first-order chi connectivity index (χ1) is 11.9. The average molecular weight is 335 g/mol. The summed E-state index contributed by atoms with van der Waals surface area (Å²) in [6.45, 7) is 1.59. The molecule has 0 aliphatic carbocycles. The lowest BCUT2D eigenvalue weighted by atomic mass is 9.69. The van der Waals surface area contributed by atoms with E-state index in [-0.39, 0.29) is 22.8 Å². The number of ether oxygens (including phenoxy) is 1. The summed E-state index contributed by atoms with van der Waals surface area (Å²) in [5, 5.41) is 9.72. The minimum atomic E-state index is -1.66. The lowest BCUT2D eigenvalue weighted by Crippen LogP contribution is -2.47. The Labute approximate surface area is 142 Å². The Morgan fingerprint density at radius 2 is 2.00 bits per heavy atom. The number of para-hydroxylation sites is 1. The monoisotopic (exact) mass is 335 g/mol. The molecular weight excluding hydrogens is 322 g/mol. The second-order valence-corrected chi connectivity index (χ2v) is 5.97. The van der Waals surface area contributed by atoms with Crippen LogP contribution < -0.4 is 21.0 Å². The summed E-state index contributed by atoms with van der Waals surface area (Å²) in [6.07, 6.45) is 0. The van der Waals surface area contributed by atoms with Crippen LogP contribution in [0.5, 0.6) is 5.75 Å². The number of hydrogen-bond donors (Lipinski definition) is 1. The van der Waals surface area contributed by atoms with E-state index < -0.39 is 16.9 Å². The zero-order valence-corrected chi connectivity index (χ0v) is 13.5. The number of rotatable bonds is 0. The van der Waals surface area contributed by atoms with Gasteiger partial charge in [-0.3, -0.25) is 4.79 Å². The first kappa shape index (κ1) is 15.0. The quantitative estimate of drug-likeness (QED) is 0.777. The van der Waals surface area contributed by atoms with Gasteiger partial charge < -0.3 is 19.8 Å². The Bertz CT molecular complexity index is 1080. The number of benzene rings is 1. The standard InChI is InChI=1S/C18H13N3O4/c1-9-7-13-14(16(22)24-9)18(11(8-19)15(20)25-13)10-5-3-4-6-12(10)21(2)17(18)23/h3-7H,20H2,1-2H3/t18-/m0/s1. The highest BCUT2D eigenvalue weighted by Gasteiger charge is 2.60. The van der Waals surface area contributed by atoms with Crippen LogP contribution in [-0.4, -0.2) is 13.0 Å². The molecule has 0 saturated carbocycles. The summed E-state index contributed by atoms with van der Waals surface area (Å²) in [5.74, 6) is -0.199. The van der Waals surface area contributed by atoms with Gasteiger partial charge in [-0.15, -0.1) is 0 Å². The van der Waals surface area contributed by atoms with Gasteiger partial charge in [-0.25, -0.2) is 4.79 Å². The van der Waals surface area contributed by atoms with E-state index in [0.717, 1.165) is 0 Å². The summed E-state index contributed by atoms with van der Waals surface area (Å²) >= 11 is 0. The average Bonchev–Trinajstić information content (AvgIpc) is 2.78. The third-order valence-corrected chi connectivity index (χ3v) is 4.66. The highest BCUT2D eigenvalue weighted by Crippen LogP contribution is 2.53. The number of anilines is 1. The van der Waals surface area contributed by atoms with Crippen LogP contribution >= 0.6 is 0 Å². The summed E-state index contributed by atoms with van der Waals surface area (Å²) in [4.78, 5) is 27.4. The maximum Gasteiger partial charge on any atom is 0.344 e. The molecule has 2 aromatic rings. The van der Waals surface area contributed by atoms with E-state index in [1.807, 2.05) is 6.07 Å². The van der Waals surface area contributed by atoms with Crippen molar-refractivity contribution in [1.29, 1.82) is 5.26 Å². The molecule has 124 valence electrons. The Morgan fingerprint density at radius 1 is 1.28 bits per heavy atom. The van der Waals surface area contributed by atoms with Crippen LogP contribution in [0.25, 0.3) is 0 Å². The zero-order valence-electron chi connectivity index (χ0n) is 13.5. The number of hydrogen-bond acceptors (Lipinski definition) is 6. The summed E-state index contributed by atoms with van der Waals surface area (Å²) in [6, 6.07) is 10.4. The summed E-state index contributed by atoms with van der Waals surface area (Å²) in [7, 11) is 1.59. The largest absolute Gasteiger partial charge is 0.440 e. The number of likely N-dealkylation sites (N-methyl/N-ethyl adjacent to an activating group) is 1. The lowest BCUT2D eigenvalue weighted by molar-refractivity contribution is -0.120. The van der Waals surface area contributed by atoms with E-state index in [9.17, 15) is 14.9 Å². The molecule has 7 heteroatoms. The highest BCUT2D eigenvalue weighted by atomic mass is 16.5. The van der Waals surface area contributed by atoms with Crippen molar-refractivity contribution in [1.82, 2.24) is 0 Å². The van der Waals surface area contributed by atoms with Gasteiger partial charge in [-0.05, 0) is 13.0 Å². The van der Waals surface area contributed by atoms with E-state index in [1.165, 1.54) is 11.0 Å². The van der Waals surface area contributed by atoms with Gasteiger partial charge in [0.1, 0.15) is 28.7 Å². The number of aryl methyl sites for hydroxylation is 1. The van der Waals surface area contributed by atoms with Crippen LogP contribution in [0.15, 0.2) is 51.0 Å². The van der Waals surface area contributed by atoms with Crippen molar-refractivity contribution in [3.63, 3.8) is 0 Å². The molecule has 0 bridgehead atoms. The third kappa shape index (κ3) is 1.63. The van der Waals surface area contributed by atoms with Gasteiger partial charge in [0.15, 0.2) is 5.41 Å². The van der Waals surface area contributed by atoms with Crippen LogP contribution in [0, 0.1) is 18.3 Å². The van der Waals surface area contributed by atoms with Gasteiger partial charge in [-0.2, -0.15) is 5.26 Å². The zero-order chi connectivity index (χ0) is 17.9. The molecule has 1 atom stereocenters. The molecule has 0 saturated heterocycles. The van der Waals surface area contributed by atoms with Gasteiger partial charge in [0.05, 0.1) is 0 Å². The maximum atomic E-state index is 13.3. The van der Waals surface area contributed by atoms with E-state index in [2.05, 4.69) is 0 Å². The van der Waals surface area contributed by atoms with Crippen molar-refractivity contribution < 1.29 is 13.9 Å². The number of fused-ring (bicyclic) bond motifs is 4. The summed E-state index contributed by atoms with van der Waals surface area (Å²) in [5.41, 5.74) is 4.53. The van der Waals surface area contributed by atoms with Gasteiger partial charge >= 0.3 is 5.63 Å². The van der Waals surface area contributed by atoms with Gasteiger partial charge in [0.2, 0.25) is 11.8 Å². The molecule has 0 fully saturated rings. The van der Waals surface area contributed by atoms with E-state index in [4.69, 9.17) is 14.9 Å². The second-order valence-electron chi connectivity index (χ2n) is 5.97. The van der Waals surface area contributed by atoms with Gasteiger partial charge in [-0.1, -0.05) is 18.2 Å². The molecule has 1 amide bonds. The van der Waals surface area contributed by atoms with E-state index >= 15 is 0 Å². The van der Waals surface area contributed by atoms with E-state index in [0.29, 0.717) is 17.0 Å². The molecule has 7 nitrogen and oxygen atoms in total. The van der Waals surface area contributed by atoms with Crippen molar-refractivity contribution in [3.05, 3.63) is 69.1 Å². The molecule has 2 aliphatic heterocycles. The van der Waals surface area contributed by atoms with Crippen molar-refractivity contribution in [3.8, 4) is 11.8 Å². The molecule has 25 heavy (non-hydrogen) atoms. The lowest BCUT2D eigenvalue weighted by Gasteiger charge is -2.32. The molecule has 2 N–H and O–H groups in total. The Hall–Kier alpha value is -3.53. The van der Waals surface area contributed by atoms with Crippen LogP contribution in [0.3, 0.4) is 0 Å². The van der Waals surface area contributed by atoms with Crippen LogP contribution in [-0.2, 0) is 10.2 Å². The topological polar surface area (TPSA) is 110 Å². The summed E-state index contributed by atoms with van der Waals surface area (Å²) < 4.78 is 10.7. The Morgan fingerprint density at radius 3 is 2.72 bits per heavy atom. The molecule has 2 aliphatic rings. The third-order valence-electron chi connectivity index (χ3n) is 4.66. The van der Waals surface area contributed by atoms with Crippen molar-refractivity contribution in [2.24, 2.45) is 5.73 Å². The fourth-order valence-corrected chi connectivity index (χ4v) is 3.66.